The maximum atomic E-state index is 13.5. The Morgan fingerprint density at radius 3 is 2.15 bits per heavy atom. The van der Waals surface area contributed by atoms with Gasteiger partial charge < -0.3 is 39.7 Å². The summed E-state index contributed by atoms with van der Waals surface area (Å²) in [5.74, 6) is -4.54. The first-order valence-corrected chi connectivity index (χ1v) is 20.8. The third-order valence-corrected chi connectivity index (χ3v) is 13.2. The van der Waals surface area contributed by atoms with Crippen LogP contribution in [0.2, 0.25) is 0 Å². The number of ether oxygens (including phenoxy) is 3. The van der Waals surface area contributed by atoms with Crippen LogP contribution in [0.15, 0.2) is 36.5 Å². The van der Waals surface area contributed by atoms with E-state index in [1.807, 2.05) is 32.1 Å². The molecular weight excluding hydrogens is 688 g/mol. The van der Waals surface area contributed by atoms with Gasteiger partial charge in [0.05, 0.1) is 42.7 Å². The van der Waals surface area contributed by atoms with E-state index in [9.17, 15) is 35.1 Å². The molecule has 3 rings (SSSR count). The van der Waals surface area contributed by atoms with Crippen molar-refractivity contribution in [3.63, 3.8) is 0 Å². The molecule has 310 valence electrons. The monoisotopic (exact) mass is 763 g/mol. The van der Waals surface area contributed by atoms with Crippen molar-refractivity contribution in [2.45, 2.75) is 175 Å². The maximum absolute atomic E-state index is 13.5. The van der Waals surface area contributed by atoms with E-state index in [0.717, 1.165) is 25.7 Å². The molecule has 54 heavy (non-hydrogen) atoms. The molecule has 0 aliphatic carbocycles. The number of aliphatic hydroxyl groups excluding tert-OH is 5. The van der Waals surface area contributed by atoms with Crippen LogP contribution in [-0.2, 0) is 23.8 Å². The number of fused-ring (bicyclic) bond motifs is 2. The SMILES string of the molecule is CC[C@H]1/C=C/C=C/C[C@@H](C)[C@@H](O)[C@@H](C)C(=O)C[C@@H](O)[C@@H](C)[C@@H](O)[C@@H](C)[C@@H](O)[C@@H](C)/C=C/C(=O)O[C@@H]2[C@@H](C)[C@@H](CC1)O[C@]1(CC[C@H](C)[C@@H](C[C@H](C)O)O1)[C@@H]2C. The van der Waals surface area contributed by atoms with Crippen LogP contribution in [-0.4, -0.2) is 91.9 Å². The van der Waals surface area contributed by atoms with Gasteiger partial charge in [0.1, 0.15) is 11.9 Å². The minimum absolute atomic E-state index is 0.130. The normalized spacial score (nSPS) is 46.6. The van der Waals surface area contributed by atoms with E-state index in [1.165, 1.54) is 6.08 Å². The van der Waals surface area contributed by atoms with Crippen molar-refractivity contribution < 1.29 is 49.3 Å². The lowest BCUT2D eigenvalue weighted by Crippen LogP contribution is -2.62. The smallest absolute Gasteiger partial charge is 0.330 e. The number of hydrogen-bond acceptors (Lipinski definition) is 10. The standard InChI is InChI=1S/C44H74O10/c1-11-34-16-14-12-13-15-26(3)40(49)29(6)35(46)24-36(47)30(7)42(51)32(9)41(50)27(4)17-20-39(48)52-43-31(8)37(19-18-34)53-44(33(43)10)22-21-25(2)38(54-44)23-28(5)45/h12-14,16-17,20,25-34,36-38,40-43,45,47,49-51H,11,15,18-19,21-24H2,1-10H3/b13-12+,16-14+,20-17+/t25-,26+,27-,28-,29-,30+,31-,32-,33+,34-,36+,37+,38+,40+,41-,42+,43+,44-/m0/s1. The second kappa shape index (κ2) is 21.0. The summed E-state index contributed by atoms with van der Waals surface area (Å²) in [4.78, 5) is 26.6. The second-order valence-corrected chi connectivity index (χ2v) is 17.5. The molecule has 18 atom stereocenters. The van der Waals surface area contributed by atoms with Crippen LogP contribution >= 0.6 is 0 Å². The number of carbonyl (C=O) groups excluding carboxylic acids is 2. The van der Waals surface area contributed by atoms with E-state index in [0.29, 0.717) is 19.3 Å². The number of allylic oxidation sites excluding steroid dienone is 4. The summed E-state index contributed by atoms with van der Waals surface area (Å²) in [5.41, 5.74) is 0. The van der Waals surface area contributed by atoms with Crippen LogP contribution in [0.4, 0.5) is 0 Å². The van der Waals surface area contributed by atoms with Gasteiger partial charge in [-0.25, -0.2) is 4.79 Å². The van der Waals surface area contributed by atoms with Crippen LogP contribution in [0.25, 0.3) is 0 Å². The topological polar surface area (TPSA) is 163 Å². The van der Waals surface area contributed by atoms with Crippen LogP contribution < -0.4 is 0 Å². The van der Waals surface area contributed by atoms with Crippen molar-refractivity contribution >= 4 is 11.8 Å². The first kappa shape index (κ1) is 46.5. The highest BCUT2D eigenvalue weighted by Crippen LogP contribution is 2.49. The number of aliphatic hydroxyl groups is 5. The number of Topliss-reactive ketones (excluding diaryl/α,β-unsaturated/α-hetero) is 1. The van der Waals surface area contributed by atoms with Gasteiger partial charge >= 0.3 is 5.97 Å². The van der Waals surface area contributed by atoms with Crippen LogP contribution in [0.3, 0.4) is 0 Å². The van der Waals surface area contributed by atoms with Crippen molar-refractivity contribution in [1.29, 1.82) is 0 Å². The quantitative estimate of drug-likeness (QED) is 0.206. The van der Waals surface area contributed by atoms with Gasteiger partial charge in [0.15, 0.2) is 5.79 Å². The summed E-state index contributed by atoms with van der Waals surface area (Å²) >= 11 is 0. The number of rotatable bonds is 3. The van der Waals surface area contributed by atoms with Crippen LogP contribution in [0.5, 0.6) is 0 Å². The fourth-order valence-electron chi connectivity index (χ4n) is 8.72. The molecule has 5 N–H and O–H groups in total. The molecule has 10 heteroatoms. The van der Waals surface area contributed by atoms with Gasteiger partial charge in [0.2, 0.25) is 0 Å². The summed E-state index contributed by atoms with van der Waals surface area (Å²) in [6.45, 7) is 18.8. The molecule has 0 aromatic rings. The molecule has 10 nitrogen and oxygen atoms in total. The van der Waals surface area contributed by atoms with Gasteiger partial charge in [-0.15, -0.1) is 0 Å². The van der Waals surface area contributed by atoms with E-state index in [1.54, 1.807) is 40.7 Å². The van der Waals surface area contributed by atoms with Crippen molar-refractivity contribution in [2.75, 3.05) is 0 Å². The predicted molar refractivity (Wildman–Crippen MR) is 210 cm³/mol. The van der Waals surface area contributed by atoms with Crippen LogP contribution in [0.1, 0.15) is 121 Å². The summed E-state index contributed by atoms with van der Waals surface area (Å²) in [6, 6.07) is 0. The van der Waals surface area contributed by atoms with Gasteiger partial charge in [-0.3, -0.25) is 4.79 Å². The molecule has 0 radical (unpaired) electrons. The van der Waals surface area contributed by atoms with Crippen molar-refractivity contribution in [1.82, 2.24) is 0 Å². The lowest BCUT2D eigenvalue weighted by atomic mass is 9.74. The Labute approximate surface area is 325 Å². The van der Waals surface area contributed by atoms with Gasteiger partial charge in [-0.05, 0) is 63.2 Å². The zero-order valence-corrected chi connectivity index (χ0v) is 34.7. The molecule has 3 heterocycles. The predicted octanol–water partition coefficient (Wildman–Crippen LogP) is 6.31. The van der Waals surface area contributed by atoms with Crippen molar-refractivity contribution in [3.05, 3.63) is 36.5 Å². The molecule has 0 aromatic carbocycles. The summed E-state index contributed by atoms with van der Waals surface area (Å²) in [6.07, 6.45) is 10.2. The highest BCUT2D eigenvalue weighted by molar-refractivity contribution is 5.82. The second-order valence-electron chi connectivity index (χ2n) is 17.5. The molecular formula is C44H74O10. The van der Waals surface area contributed by atoms with E-state index >= 15 is 0 Å². The highest BCUT2D eigenvalue weighted by atomic mass is 16.7. The Morgan fingerprint density at radius 1 is 0.815 bits per heavy atom. The Hall–Kier alpha value is -1.92. The summed E-state index contributed by atoms with van der Waals surface area (Å²) < 4.78 is 20.0. The Kier molecular flexibility index (Phi) is 18.1. The van der Waals surface area contributed by atoms with Gasteiger partial charge in [-0.2, -0.15) is 0 Å². The van der Waals surface area contributed by atoms with Gasteiger partial charge in [-0.1, -0.05) is 92.7 Å². The lowest BCUT2D eigenvalue weighted by Gasteiger charge is -2.55. The Balaban J connectivity index is 1.94. The van der Waals surface area contributed by atoms with Crippen molar-refractivity contribution in [2.24, 2.45) is 53.3 Å². The van der Waals surface area contributed by atoms with Gasteiger partial charge in [0, 0.05) is 54.4 Å². The fraction of sp³-hybridized carbons (Fsp3) is 0.818. The molecule has 3 aliphatic rings. The number of carbonyl (C=O) groups is 2. The zero-order valence-electron chi connectivity index (χ0n) is 34.7. The Morgan fingerprint density at radius 2 is 1.50 bits per heavy atom. The average molecular weight is 763 g/mol. The Bertz CT molecular complexity index is 1260. The van der Waals surface area contributed by atoms with Gasteiger partial charge in [0.25, 0.3) is 0 Å². The number of hydrogen-bond donors (Lipinski definition) is 5. The average Bonchev–Trinajstić information content (AvgIpc) is 3.14. The third kappa shape index (κ3) is 12.0. The highest BCUT2D eigenvalue weighted by Gasteiger charge is 2.56. The van der Waals surface area contributed by atoms with E-state index in [-0.39, 0.29) is 54.0 Å². The molecule has 2 bridgehead atoms. The third-order valence-electron chi connectivity index (χ3n) is 13.2. The molecule has 0 amide bonds. The minimum atomic E-state index is -1.17. The summed E-state index contributed by atoms with van der Waals surface area (Å²) in [7, 11) is 0. The molecule has 0 unspecified atom stereocenters. The molecule has 2 fully saturated rings. The first-order chi connectivity index (χ1) is 25.3. The molecule has 0 aromatic heterocycles. The molecule has 0 saturated carbocycles. The lowest BCUT2D eigenvalue weighted by molar-refractivity contribution is -0.371. The fourth-order valence-corrected chi connectivity index (χ4v) is 8.72. The van der Waals surface area contributed by atoms with Crippen LogP contribution in [0, 0.1) is 53.3 Å². The first-order valence-electron chi connectivity index (χ1n) is 20.8. The minimum Gasteiger partial charge on any atom is -0.458 e. The molecule has 1 spiro atoms. The molecule has 3 aliphatic heterocycles. The maximum Gasteiger partial charge on any atom is 0.330 e. The summed E-state index contributed by atoms with van der Waals surface area (Å²) in [5, 5.41) is 54.6. The van der Waals surface area contributed by atoms with E-state index in [2.05, 4.69) is 26.8 Å². The van der Waals surface area contributed by atoms with Crippen molar-refractivity contribution in [3.8, 4) is 0 Å². The zero-order chi connectivity index (χ0) is 40.5. The number of ketones is 1. The van der Waals surface area contributed by atoms with E-state index in [4.69, 9.17) is 14.2 Å². The van der Waals surface area contributed by atoms with E-state index < -0.39 is 72.1 Å². The largest absolute Gasteiger partial charge is 0.458 e. The number of esters is 1. The molecule has 2 saturated heterocycles.